The Labute approximate surface area is 376 Å². The summed E-state index contributed by atoms with van der Waals surface area (Å²) >= 11 is 0. The van der Waals surface area contributed by atoms with Gasteiger partial charge in [-0.05, 0) is 85.8 Å². The molecule has 4 aliphatic heterocycles. The number of pyridine rings is 1. The number of aromatic nitrogens is 1. The molecule has 65 heavy (non-hydrogen) atoms. The van der Waals surface area contributed by atoms with Crippen molar-refractivity contribution >= 4 is 39.9 Å². The Bertz CT molecular complexity index is 2740. The van der Waals surface area contributed by atoms with E-state index in [1.807, 2.05) is 60.4 Å². The number of benzene rings is 4. The maximum absolute atomic E-state index is 16.3. The maximum atomic E-state index is 16.3. The van der Waals surface area contributed by atoms with E-state index in [1.54, 1.807) is 74.1 Å². The minimum atomic E-state index is -2.98. The highest BCUT2D eigenvalue weighted by atomic mass is 19.3. The van der Waals surface area contributed by atoms with Crippen LogP contribution in [0.3, 0.4) is 0 Å². The van der Waals surface area contributed by atoms with Crippen LogP contribution in [0.1, 0.15) is 51.9 Å². The topological polar surface area (TPSA) is 117 Å². The van der Waals surface area contributed by atoms with Gasteiger partial charge < -0.3 is 23.7 Å². The third kappa shape index (κ3) is 7.77. The first-order chi connectivity index (χ1) is 31.2. The summed E-state index contributed by atoms with van der Waals surface area (Å²) < 4.78 is 51.0. The second-order valence-electron chi connectivity index (χ2n) is 17.6. The van der Waals surface area contributed by atoms with Gasteiger partial charge in [0, 0.05) is 92.1 Å². The average molecular weight is 889 g/mol. The highest BCUT2D eigenvalue weighted by Crippen LogP contribution is 2.45. The highest BCUT2D eigenvalue weighted by Gasteiger charge is 2.49. The van der Waals surface area contributed by atoms with Crippen molar-refractivity contribution in [3.05, 3.63) is 111 Å². The van der Waals surface area contributed by atoms with E-state index in [-0.39, 0.29) is 49.7 Å². The number of aryl methyl sites for hydroxylation is 1. The molecule has 5 aromatic rings. The highest BCUT2D eigenvalue weighted by molar-refractivity contribution is 6.28. The van der Waals surface area contributed by atoms with Gasteiger partial charge in [-0.1, -0.05) is 24.3 Å². The zero-order valence-corrected chi connectivity index (χ0v) is 37.7. The molecule has 340 valence electrons. The molecule has 3 fully saturated rings. The van der Waals surface area contributed by atoms with Gasteiger partial charge in [0.25, 0.3) is 23.3 Å². The normalized spacial score (nSPS) is 20.2. The molecule has 4 aromatic carbocycles. The number of anilines is 2. The molecular formula is C50H54F2N6O7. The first-order valence-corrected chi connectivity index (χ1v) is 22.1. The van der Waals surface area contributed by atoms with E-state index in [9.17, 15) is 19.2 Å². The van der Waals surface area contributed by atoms with Crippen molar-refractivity contribution < 1.29 is 37.4 Å². The average Bonchev–Trinajstić information content (AvgIpc) is 3.59. The molecule has 0 aliphatic carbocycles. The zero-order valence-electron chi connectivity index (χ0n) is 37.7. The molecule has 4 aliphatic rings. The summed E-state index contributed by atoms with van der Waals surface area (Å²) in [6.45, 7) is 5.98. The van der Waals surface area contributed by atoms with Gasteiger partial charge in [-0.3, -0.25) is 38.8 Å². The lowest BCUT2D eigenvalue weighted by molar-refractivity contribution is -0.149. The van der Waals surface area contributed by atoms with E-state index < -0.39 is 30.5 Å². The van der Waals surface area contributed by atoms with E-state index >= 15 is 8.78 Å². The number of rotatable bonds is 11. The number of amides is 3. The summed E-state index contributed by atoms with van der Waals surface area (Å²) in [6, 6.07) is 18.6. The number of ether oxygens (including phenoxy) is 3. The number of nitrogens with zero attached hydrogens (tertiary/aromatic N) is 6. The predicted octanol–water partition coefficient (Wildman–Crippen LogP) is 6.56. The summed E-state index contributed by atoms with van der Waals surface area (Å²) in [6.07, 6.45) is 2.43. The van der Waals surface area contributed by atoms with Crippen LogP contribution in [-0.4, -0.2) is 116 Å². The van der Waals surface area contributed by atoms with Crippen molar-refractivity contribution in [2.75, 3.05) is 70.4 Å². The number of hydrogen-bond acceptors (Lipinski definition) is 10. The molecule has 0 N–H and O–H groups in total. The number of piperidine rings is 2. The Hall–Kier alpha value is -6.32. The van der Waals surface area contributed by atoms with Crippen LogP contribution in [0.25, 0.3) is 21.9 Å². The van der Waals surface area contributed by atoms with E-state index in [0.29, 0.717) is 72.4 Å². The van der Waals surface area contributed by atoms with Gasteiger partial charge in [0.05, 0.1) is 51.7 Å². The molecule has 15 heteroatoms. The number of likely N-dealkylation sites (tertiary alicyclic amines) is 2. The summed E-state index contributed by atoms with van der Waals surface area (Å²) in [5, 5.41) is 1.61. The third-order valence-electron chi connectivity index (χ3n) is 14.0. The molecule has 0 radical (unpaired) electrons. The smallest absolute Gasteiger partial charge is 0.275 e. The fourth-order valence-corrected chi connectivity index (χ4v) is 10.4. The second-order valence-corrected chi connectivity index (χ2v) is 17.6. The lowest BCUT2D eigenvalue weighted by Crippen LogP contribution is -2.61. The molecule has 2 atom stereocenters. The van der Waals surface area contributed by atoms with Crippen LogP contribution in [0.5, 0.6) is 17.2 Å². The molecule has 13 nitrogen and oxygen atoms in total. The van der Waals surface area contributed by atoms with Crippen molar-refractivity contribution in [2.45, 2.75) is 64.2 Å². The Morgan fingerprint density at radius 2 is 1.45 bits per heavy atom. The van der Waals surface area contributed by atoms with Gasteiger partial charge >= 0.3 is 0 Å². The van der Waals surface area contributed by atoms with E-state index in [2.05, 4.69) is 4.90 Å². The van der Waals surface area contributed by atoms with Crippen LogP contribution >= 0.6 is 0 Å². The van der Waals surface area contributed by atoms with Crippen LogP contribution in [0, 0.1) is 13.8 Å². The molecule has 1 aromatic heterocycles. The molecule has 3 saturated heterocycles. The van der Waals surface area contributed by atoms with Crippen molar-refractivity contribution in [1.82, 2.24) is 19.3 Å². The van der Waals surface area contributed by atoms with Crippen molar-refractivity contribution in [3.8, 4) is 28.4 Å². The Morgan fingerprint density at radius 3 is 2.11 bits per heavy atom. The Balaban J connectivity index is 0.876. The lowest BCUT2D eigenvalue weighted by Gasteiger charge is -2.47. The van der Waals surface area contributed by atoms with Crippen LogP contribution in [0.2, 0.25) is 0 Å². The standard InChI is InChI=1S/C50H54F2N6O7/c1-30-31(2)47(60)53(3)27-37(30)33-24-42(64-5)38(43(25-33)65-6)28-54-19-18-44(50(51,52)29-54)56-22-20-55(21-23-56)39-14-15-40-46-35(39)8-7-9-36(46)48(61)58(40)41-16-17-45(59)57(49(41)62)26-32-10-12-34(63-4)13-11-32/h7-15,24-25,27,41,44H,16-23,26,28-29H2,1-6H3. The molecule has 2 unspecified atom stereocenters. The van der Waals surface area contributed by atoms with Crippen LogP contribution < -0.4 is 29.6 Å². The Morgan fingerprint density at radius 1 is 0.754 bits per heavy atom. The van der Waals surface area contributed by atoms with E-state index in [4.69, 9.17) is 14.2 Å². The van der Waals surface area contributed by atoms with Gasteiger partial charge in [-0.2, -0.15) is 0 Å². The monoisotopic (exact) mass is 888 g/mol. The third-order valence-corrected chi connectivity index (χ3v) is 14.0. The minimum absolute atomic E-state index is 0.0671. The molecule has 0 bridgehead atoms. The fraction of sp³-hybridized carbons (Fsp3) is 0.400. The minimum Gasteiger partial charge on any atom is -0.497 e. The SMILES string of the molecule is COc1ccc(CN2C(=O)CCC(N3C(=O)c4cccc5c(N6CCN(C7CCN(Cc8c(OC)cc(-c9cn(C)c(=O)c(C)c9C)cc8OC)CC7(F)F)CC6)ccc3c45)C2=O)cc1. The number of imide groups is 1. The number of piperazine rings is 1. The fourth-order valence-electron chi connectivity index (χ4n) is 10.4. The number of halogens is 2. The maximum Gasteiger partial charge on any atom is 0.275 e. The van der Waals surface area contributed by atoms with Crippen molar-refractivity contribution in [3.63, 3.8) is 0 Å². The van der Waals surface area contributed by atoms with Crippen molar-refractivity contribution in [1.29, 1.82) is 0 Å². The molecule has 0 saturated carbocycles. The first-order valence-electron chi connectivity index (χ1n) is 22.1. The number of hydrogen-bond donors (Lipinski definition) is 0. The largest absolute Gasteiger partial charge is 0.497 e. The van der Waals surface area contributed by atoms with Crippen LogP contribution in [0.15, 0.2) is 77.7 Å². The van der Waals surface area contributed by atoms with Gasteiger partial charge in [-0.25, -0.2) is 8.78 Å². The summed E-state index contributed by atoms with van der Waals surface area (Å²) in [7, 11) is 6.40. The van der Waals surface area contributed by atoms with E-state index in [0.717, 1.165) is 38.7 Å². The molecular weight excluding hydrogens is 835 g/mol. The molecule has 5 heterocycles. The van der Waals surface area contributed by atoms with Gasteiger partial charge in [0.2, 0.25) is 5.91 Å². The van der Waals surface area contributed by atoms with Gasteiger partial charge in [0.15, 0.2) is 0 Å². The van der Waals surface area contributed by atoms with Crippen LogP contribution in [0.4, 0.5) is 20.2 Å². The summed E-state index contributed by atoms with van der Waals surface area (Å²) in [4.78, 5) is 62.5. The van der Waals surface area contributed by atoms with Crippen molar-refractivity contribution in [2.24, 2.45) is 7.05 Å². The first kappa shape index (κ1) is 43.9. The summed E-state index contributed by atoms with van der Waals surface area (Å²) in [5.41, 5.74) is 6.58. The second kappa shape index (κ2) is 17.2. The number of alkyl halides is 2. The number of carbonyl (C=O) groups excluding carboxylic acids is 3. The molecule has 3 amide bonds. The van der Waals surface area contributed by atoms with Crippen LogP contribution in [-0.2, 0) is 29.7 Å². The summed E-state index contributed by atoms with van der Waals surface area (Å²) in [5.74, 6) is -2.23. The number of methoxy groups -OCH3 is 3. The van der Waals surface area contributed by atoms with E-state index in [1.165, 1.54) is 4.90 Å². The quantitative estimate of drug-likeness (QED) is 0.135. The molecule has 9 rings (SSSR count). The van der Waals surface area contributed by atoms with Gasteiger partial charge in [0.1, 0.15) is 23.3 Å². The van der Waals surface area contributed by atoms with Gasteiger partial charge in [-0.15, -0.1) is 0 Å². The zero-order chi connectivity index (χ0) is 45.9. The lowest BCUT2D eigenvalue weighted by atomic mass is 9.95. The molecule has 0 spiro atoms. The Kier molecular flexibility index (Phi) is 11.6. The number of carbonyl (C=O) groups is 3. The predicted molar refractivity (Wildman–Crippen MR) is 244 cm³/mol.